The van der Waals surface area contributed by atoms with E-state index in [-0.39, 0.29) is 17.6 Å². The zero-order valence-corrected chi connectivity index (χ0v) is 12.0. The van der Waals surface area contributed by atoms with Crippen molar-refractivity contribution in [2.45, 2.75) is 25.3 Å². The third-order valence-corrected chi connectivity index (χ3v) is 3.90. The van der Waals surface area contributed by atoms with Gasteiger partial charge in [0, 0.05) is 31.2 Å². The first-order chi connectivity index (χ1) is 10.5. The van der Waals surface area contributed by atoms with Gasteiger partial charge in [-0.1, -0.05) is 0 Å². The molecular formula is C15H16F2N4O. The molecule has 0 fully saturated rings. The standard InChI is InChI=1S/C15H16F2N4O/c1-21-7-10-9(2-3-11(10)18)13(21)15(22)20-8-4-5-19-12(6-8)14(16)17/h4-7,11,14H,2-3,18H2,1H3,(H,19,20,22)/t11-/m1/s1. The van der Waals surface area contributed by atoms with Gasteiger partial charge < -0.3 is 15.6 Å². The Balaban J connectivity index is 1.87. The third kappa shape index (κ3) is 2.48. The number of aryl methyl sites for hydroxylation is 1. The number of amides is 1. The zero-order chi connectivity index (χ0) is 15.9. The van der Waals surface area contributed by atoms with Crippen LogP contribution in [0.5, 0.6) is 0 Å². The summed E-state index contributed by atoms with van der Waals surface area (Å²) in [5, 5.41) is 2.65. The summed E-state index contributed by atoms with van der Waals surface area (Å²) in [7, 11) is 1.77. The molecule has 3 rings (SSSR count). The minimum absolute atomic E-state index is 0.0471. The van der Waals surface area contributed by atoms with E-state index in [0.29, 0.717) is 11.4 Å². The molecule has 0 saturated heterocycles. The van der Waals surface area contributed by atoms with Gasteiger partial charge in [-0.15, -0.1) is 0 Å². The van der Waals surface area contributed by atoms with E-state index in [1.807, 2.05) is 6.20 Å². The molecule has 0 aliphatic heterocycles. The fourth-order valence-electron chi connectivity index (χ4n) is 2.87. The van der Waals surface area contributed by atoms with Crippen molar-refractivity contribution in [3.63, 3.8) is 0 Å². The molecule has 2 aromatic heterocycles. The number of rotatable bonds is 3. The maximum atomic E-state index is 12.7. The van der Waals surface area contributed by atoms with Gasteiger partial charge in [0.2, 0.25) is 0 Å². The van der Waals surface area contributed by atoms with E-state index in [9.17, 15) is 13.6 Å². The van der Waals surface area contributed by atoms with E-state index in [1.54, 1.807) is 11.6 Å². The second-order valence-corrected chi connectivity index (χ2v) is 5.39. The van der Waals surface area contributed by atoms with E-state index >= 15 is 0 Å². The lowest BCUT2D eigenvalue weighted by atomic mass is 10.1. The summed E-state index contributed by atoms with van der Waals surface area (Å²) < 4.78 is 27.0. The summed E-state index contributed by atoms with van der Waals surface area (Å²) in [6, 6.07) is 2.62. The van der Waals surface area contributed by atoms with Gasteiger partial charge in [0.05, 0.1) is 0 Å². The highest BCUT2D eigenvalue weighted by Gasteiger charge is 2.28. The molecule has 116 valence electrons. The van der Waals surface area contributed by atoms with Gasteiger partial charge in [-0.25, -0.2) is 8.78 Å². The molecule has 5 nitrogen and oxygen atoms in total. The highest BCUT2D eigenvalue weighted by atomic mass is 19.3. The number of nitrogens with zero attached hydrogens (tertiary/aromatic N) is 2. The van der Waals surface area contributed by atoms with Gasteiger partial charge in [-0.05, 0) is 36.1 Å². The molecule has 0 spiro atoms. The molecule has 0 bridgehead atoms. The summed E-state index contributed by atoms with van der Waals surface area (Å²) in [5.74, 6) is -0.329. The number of fused-ring (bicyclic) bond motifs is 1. The van der Waals surface area contributed by atoms with Crippen LogP contribution < -0.4 is 11.1 Å². The second-order valence-electron chi connectivity index (χ2n) is 5.39. The van der Waals surface area contributed by atoms with Crippen LogP contribution in [-0.2, 0) is 13.5 Å². The molecule has 22 heavy (non-hydrogen) atoms. The van der Waals surface area contributed by atoms with Gasteiger partial charge in [-0.2, -0.15) is 0 Å². The molecule has 2 heterocycles. The maximum Gasteiger partial charge on any atom is 0.280 e. The molecule has 1 aliphatic rings. The van der Waals surface area contributed by atoms with E-state index in [0.717, 1.165) is 24.0 Å². The topological polar surface area (TPSA) is 72.9 Å². The van der Waals surface area contributed by atoms with Crippen LogP contribution in [-0.4, -0.2) is 15.5 Å². The number of nitrogens with two attached hydrogens (primary N) is 1. The molecule has 1 atom stereocenters. The summed E-state index contributed by atoms with van der Waals surface area (Å²) in [6.45, 7) is 0. The predicted octanol–water partition coefficient (Wildman–Crippen LogP) is 2.56. The summed E-state index contributed by atoms with van der Waals surface area (Å²) in [4.78, 5) is 16.0. The number of carbonyl (C=O) groups is 1. The number of aromatic nitrogens is 2. The van der Waals surface area contributed by atoms with E-state index in [2.05, 4.69) is 10.3 Å². The van der Waals surface area contributed by atoms with Crippen molar-refractivity contribution in [3.05, 3.63) is 47.0 Å². The molecule has 2 aromatic rings. The minimum Gasteiger partial charge on any atom is -0.346 e. The lowest BCUT2D eigenvalue weighted by Crippen LogP contribution is -2.17. The Bertz CT molecular complexity index is 726. The molecule has 0 aromatic carbocycles. The molecular weight excluding hydrogens is 290 g/mol. The van der Waals surface area contributed by atoms with Crippen LogP contribution >= 0.6 is 0 Å². The van der Waals surface area contributed by atoms with Crippen molar-refractivity contribution >= 4 is 11.6 Å². The van der Waals surface area contributed by atoms with Crippen molar-refractivity contribution < 1.29 is 13.6 Å². The number of hydrogen-bond acceptors (Lipinski definition) is 3. The number of pyridine rings is 1. The summed E-state index contributed by atoms with van der Waals surface area (Å²) in [6.07, 6.45) is 2.01. The quantitative estimate of drug-likeness (QED) is 0.915. The molecule has 3 N–H and O–H groups in total. The average molecular weight is 306 g/mol. The lowest BCUT2D eigenvalue weighted by molar-refractivity contribution is 0.101. The van der Waals surface area contributed by atoms with Crippen molar-refractivity contribution in [1.82, 2.24) is 9.55 Å². The highest BCUT2D eigenvalue weighted by Crippen LogP contribution is 2.33. The Morgan fingerprint density at radius 2 is 2.32 bits per heavy atom. The van der Waals surface area contributed by atoms with Crippen molar-refractivity contribution in [3.8, 4) is 0 Å². The van der Waals surface area contributed by atoms with Crippen LogP contribution in [0.4, 0.5) is 14.5 Å². The Morgan fingerprint density at radius 1 is 1.55 bits per heavy atom. The molecule has 0 radical (unpaired) electrons. The second kappa shape index (κ2) is 5.49. The van der Waals surface area contributed by atoms with Crippen LogP contribution in [0, 0.1) is 0 Å². The van der Waals surface area contributed by atoms with Crippen molar-refractivity contribution in [1.29, 1.82) is 0 Å². The van der Waals surface area contributed by atoms with E-state index < -0.39 is 6.43 Å². The first-order valence-electron chi connectivity index (χ1n) is 6.96. The molecule has 0 saturated carbocycles. The average Bonchev–Trinajstić information content (AvgIpc) is 2.98. The molecule has 0 unspecified atom stereocenters. The number of hydrogen-bond donors (Lipinski definition) is 2. The van der Waals surface area contributed by atoms with Gasteiger partial charge >= 0.3 is 0 Å². The molecule has 1 aliphatic carbocycles. The Hall–Kier alpha value is -2.28. The van der Waals surface area contributed by atoms with E-state index in [4.69, 9.17) is 5.73 Å². The fourth-order valence-corrected chi connectivity index (χ4v) is 2.87. The maximum absolute atomic E-state index is 12.7. The minimum atomic E-state index is -2.67. The summed E-state index contributed by atoms with van der Waals surface area (Å²) in [5.41, 5.74) is 8.38. The van der Waals surface area contributed by atoms with Gasteiger partial charge in [0.25, 0.3) is 12.3 Å². The fraction of sp³-hybridized carbons (Fsp3) is 0.333. The van der Waals surface area contributed by atoms with Crippen molar-refractivity contribution in [2.75, 3.05) is 5.32 Å². The zero-order valence-electron chi connectivity index (χ0n) is 12.0. The third-order valence-electron chi connectivity index (χ3n) is 3.90. The number of anilines is 1. The SMILES string of the molecule is Cn1cc2c(c1C(=O)Nc1ccnc(C(F)F)c1)CC[C@H]2N. The van der Waals surface area contributed by atoms with Crippen molar-refractivity contribution in [2.24, 2.45) is 12.8 Å². The Morgan fingerprint density at radius 3 is 3.05 bits per heavy atom. The first-order valence-corrected chi connectivity index (χ1v) is 6.96. The Labute approximate surface area is 126 Å². The molecule has 7 heteroatoms. The number of nitrogens with one attached hydrogen (secondary N) is 1. The smallest absolute Gasteiger partial charge is 0.280 e. The van der Waals surface area contributed by atoms with Gasteiger partial charge in [0.15, 0.2) is 0 Å². The van der Waals surface area contributed by atoms with E-state index in [1.165, 1.54) is 18.3 Å². The monoisotopic (exact) mass is 306 g/mol. The largest absolute Gasteiger partial charge is 0.346 e. The van der Waals surface area contributed by atoms with Crippen LogP contribution in [0.3, 0.4) is 0 Å². The Kier molecular flexibility index (Phi) is 3.66. The first kappa shape index (κ1) is 14.6. The van der Waals surface area contributed by atoms with Gasteiger partial charge in [0.1, 0.15) is 11.4 Å². The van der Waals surface area contributed by atoms with Crippen LogP contribution in [0.1, 0.15) is 46.2 Å². The summed E-state index contributed by atoms with van der Waals surface area (Å²) >= 11 is 0. The number of halogens is 2. The predicted molar refractivity (Wildman–Crippen MR) is 77.8 cm³/mol. The van der Waals surface area contributed by atoms with Crippen LogP contribution in [0.2, 0.25) is 0 Å². The normalized spacial score (nSPS) is 16.9. The number of alkyl halides is 2. The van der Waals surface area contributed by atoms with Crippen LogP contribution in [0.15, 0.2) is 24.5 Å². The molecule has 1 amide bonds. The van der Waals surface area contributed by atoms with Gasteiger partial charge in [-0.3, -0.25) is 9.78 Å². The highest BCUT2D eigenvalue weighted by molar-refractivity contribution is 6.04. The number of carbonyl (C=O) groups excluding carboxylic acids is 1. The van der Waals surface area contributed by atoms with Crippen LogP contribution in [0.25, 0.3) is 0 Å². The lowest BCUT2D eigenvalue weighted by Gasteiger charge is -2.09.